The Balaban J connectivity index is 1.84. The van der Waals surface area contributed by atoms with E-state index in [4.69, 9.17) is 0 Å². The van der Waals surface area contributed by atoms with Crippen LogP contribution in [0.25, 0.3) is 0 Å². The number of hydrogen-bond acceptors (Lipinski definition) is 2. The molecule has 2 rings (SSSR count). The standard InChI is InChI=1S/C19H31NO/c1-15(2)17-9-6-10-18(12-11-17)20-19(14-21)13-16-7-4-3-5-8-16/h3-5,7-8,15,17-21H,6,9-14H2,1-2H3/t17?,18?,19-/m0/s1. The molecule has 0 heterocycles. The number of aliphatic hydroxyl groups excluding tert-OH is 1. The van der Waals surface area contributed by atoms with Gasteiger partial charge in [0.2, 0.25) is 0 Å². The average molecular weight is 289 g/mol. The summed E-state index contributed by atoms with van der Waals surface area (Å²) in [7, 11) is 0. The van der Waals surface area contributed by atoms with Gasteiger partial charge < -0.3 is 10.4 Å². The molecule has 0 spiro atoms. The van der Waals surface area contributed by atoms with Crippen molar-refractivity contribution in [2.75, 3.05) is 6.61 Å². The highest BCUT2D eigenvalue weighted by atomic mass is 16.3. The Hall–Kier alpha value is -0.860. The smallest absolute Gasteiger partial charge is 0.0587 e. The van der Waals surface area contributed by atoms with Crippen molar-refractivity contribution < 1.29 is 5.11 Å². The van der Waals surface area contributed by atoms with Crippen LogP contribution < -0.4 is 5.32 Å². The lowest BCUT2D eigenvalue weighted by atomic mass is 9.89. The molecule has 0 aromatic heterocycles. The van der Waals surface area contributed by atoms with E-state index in [2.05, 4.69) is 43.4 Å². The first-order chi connectivity index (χ1) is 10.2. The quantitative estimate of drug-likeness (QED) is 0.781. The Bertz CT molecular complexity index is 390. The molecule has 0 saturated heterocycles. The van der Waals surface area contributed by atoms with E-state index >= 15 is 0 Å². The molecule has 118 valence electrons. The first-order valence-electron chi connectivity index (χ1n) is 8.60. The van der Waals surface area contributed by atoms with Gasteiger partial charge in [0.15, 0.2) is 0 Å². The second-order valence-corrected chi connectivity index (χ2v) is 6.95. The summed E-state index contributed by atoms with van der Waals surface area (Å²) in [4.78, 5) is 0. The van der Waals surface area contributed by atoms with Gasteiger partial charge in [-0.05, 0) is 43.1 Å². The van der Waals surface area contributed by atoms with E-state index in [1.165, 1.54) is 37.7 Å². The first-order valence-corrected chi connectivity index (χ1v) is 8.60. The second kappa shape index (κ2) is 8.55. The van der Waals surface area contributed by atoms with Crippen molar-refractivity contribution in [2.45, 2.75) is 64.5 Å². The summed E-state index contributed by atoms with van der Waals surface area (Å²) >= 11 is 0. The summed E-state index contributed by atoms with van der Waals surface area (Å²) in [6.45, 7) is 4.92. The van der Waals surface area contributed by atoms with Crippen LogP contribution in [0.1, 0.15) is 51.5 Å². The van der Waals surface area contributed by atoms with Crippen LogP contribution in [0.5, 0.6) is 0 Å². The Morgan fingerprint density at radius 2 is 1.86 bits per heavy atom. The molecule has 1 aliphatic rings. The molecule has 2 nitrogen and oxygen atoms in total. The molecule has 0 bridgehead atoms. The fraction of sp³-hybridized carbons (Fsp3) is 0.684. The summed E-state index contributed by atoms with van der Waals surface area (Å²) in [5, 5.41) is 13.4. The molecule has 0 radical (unpaired) electrons. The third-order valence-corrected chi connectivity index (χ3v) is 4.97. The van der Waals surface area contributed by atoms with Gasteiger partial charge in [-0.15, -0.1) is 0 Å². The zero-order chi connectivity index (χ0) is 15.1. The van der Waals surface area contributed by atoms with E-state index in [1.807, 2.05) is 6.07 Å². The van der Waals surface area contributed by atoms with Crippen molar-refractivity contribution in [3.05, 3.63) is 35.9 Å². The minimum absolute atomic E-state index is 0.188. The predicted molar refractivity (Wildman–Crippen MR) is 89.4 cm³/mol. The fourth-order valence-electron chi connectivity index (χ4n) is 3.57. The Morgan fingerprint density at radius 1 is 1.10 bits per heavy atom. The molecule has 2 heteroatoms. The number of nitrogens with one attached hydrogen (secondary N) is 1. The van der Waals surface area contributed by atoms with Gasteiger partial charge in [-0.25, -0.2) is 0 Å². The normalized spacial score (nSPS) is 24.8. The fourth-order valence-corrected chi connectivity index (χ4v) is 3.57. The topological polar surface area (TPSA) is 32.3 Å². The van der Waals surface area contributed by atoms with Crippen molar-refractivity contribution in [3.63, 3.8) is 0 Å². The highest BCUT2D eigenvalue weighted by molar-refractivity contribution is 5.16. The Kier molecular flexibility index (Phi) is 6.72. The lowest BCUT2D eigenvalue weighted by Gasteiger charge is -2.24. The summed E-state index contributed by atoms with van der Waals surface area (Å²) in [5.74, 6) is 1.69. The number of hydrogen-bond donors (Lipinski definition) is 2. The highest BCUT2D eigenvalue weighted by Crippen LogP contribution is 2.29. The van der Waals surface area contributed by atoms with Crippen LogP contribution in [0.4, 0.5) is 0 Å². The Morgan fingerprint density at radius 3 is 2.52 bits per heavy atom. The number of rotatable bonds is 6. The van der Waals surface area contributed by atoms with E-state index in [0.29, 0.717) is 6.04 Å². The van der Waals surface area contributed by atoms with Gasteiger partial charge in [-0.1, -0.05) is 57.0 Å². The monoisotopic (exact) mass is 289 g/mol. The third kappa shape index (κ3) is 5.44. The van der Waals surface area contributed by atoms with Crippen LogP contribution >= 0.6 is 0 Å². The second-order valence-electron chi connectivity index (χ2n) is 6.95. The molecule has 2 unspecified atom stereocenters. The maximum Gasteiger partial charge on any atom is 0.0587 e. The SMILES string of the molecule is CC(C)C1CCCC(N[C@H](CO)Cc2ccccc2)CC1. The molecule has 1 aliphatic carbocycles. The molecule has 0 amide bonds. The average Bonchev–Trinajstić information content (AvgIpc) is 2.73. The van der Waals surface area contributed by atoms with Crippen LogP contribution in [0, 0.1) is 11.8 Å². The van der Waals surface area contributed by atoms with Crippen molar-refractivity contribution in [1.29, 1.82) is 0 Å². The first kappa shape index (κ1) is 16.5. The highest BCUT2D eigenvalue weighted by Gasteiger charge is 2.22. The minimum atomic E-state index is 0.188. The number of aliphatic hydroxyl groups is 1. The summed E-state index contributed by atoms with van der Waals surface area (Å²) < 4.78 is 0. The van der Waals surface area contributed by atoms with E-state index in [9.17, 15) is 5.11 Å². The van der Waals surface area contributed by atoms with Gasteiger partial charge in [0.25, 0.3) is 0 Å². The summed E-state index contributed by atoms with van der Waals surface area (Å²) in [5.41, 5.74) is 1.30. The lowest BCUT2D eigenvalue weighted by Crippen LogP contribution is -2.41. The van der Waals surface area contributed by atoms with E-state index in [0.717, 1.165) is 18.3 Å². The maximum atomic E-state index is 9.67. The predicted octanol–water partition coefficient (Wildman–Crippen LogP) is 3.78. The molecule has 3 atom stereocenters. The molecule has 1 aromatic rings. The van der Waals surface area contributed by atoms with Gasteiger partial charge in [-0.2, -0.15) is 0 Å². The molecule has 2 N–H and O–H groups in total. The van der Waals surface area contributed by atoms with Crippen LogP contribution in [0.3, 0.4) is 0 Å². The molecule has 1 saturated carbocycles. The van der Waals surface area contributed by atoms with Gasteiger partial charge in [0, 0.05) is 12.1 Å². The van der Waals surface area contributed by atoms with Crippen LogP contribution in [0.15, 0.2) is 30.3 Å². The lowest BCUT2D eigenvalue weighted by molar-refractivity contribution is 0.224. The molecule has 0 aliphatic heterocycles. The van der Waals surface area contributed by atoms with Gasteiger partial charge >= 0.3 is 0 Å². The molecular formula is C19H31NO. The van der Waals surface area contributed by atoms with Crippen LogP contribution in [-0.2, 0) is 6.42 Å². The van der Waals surface area contributed by atoms with Gasteiger partial charge in [0.1, 0.15) is 0 Å². The van der Waals surface area contributed by atoms with E-state index < -0.39 is 0 Å². The zero-order valence-electron chi connectivity index (χ0n) is 13.6. The van der Waals surface area contributed by atoms with E-state index in [1.54, 1.807) is 0 Å². The molecule has 1 aromatic carbocycles. The van der Waals surface area contributed by atoms with Crippen molar-refractivity contribution >= 4 is 0 Å². The molecule has 1 fully saturated rings. The zero-order valence-corrected chi connectivity index (χ0v) is 13.6. The Labute approximate surface area is 130 Å². The van der Waals surface area contributed by atoms with Crippen LogP contribution in [-0.4, -0.2) is 23.8 Å². The third-order valence-electron chi connectivity index (χ3n) is 4.97. The van der Waals surface area contributed by atoms with Crippen molar-refractivity contribution in [2.24, 2.45) is 11.8 Å². The van der Waals surface area contributed by atoms with Gasteiger partial charge in [-0.3, -0.25) is 0 Å². The number of benzene rings is 1. The molecule has 21 heavy (non-hydrogen) atoms. The maximum absolute atomic E-state index is 9.67. The summed E-state index contributed by atoms with van der Waals surface area (Å²) in [6, 6.07) is 11.2. The van der Waals surface area contributed by atoms with Crippen molar-refractivity contribution in [3.8, 4) is 0 Å². The largest absolute Gasteiger partial charge is 0.395 e. The molecular weight excluding hydrogens is 258 g/mol. The van der Waals surface area contributed by atoms with Crippen molar-refractivity contribution in [1.82, 2.24) is 5.32 Å². The van der Waals surface area contributed by atoms with Gasteiger partial charge in [0.05, 0.1) is 6.61 Å². The summed E-state index contributed by atoms with van der Waals surface area (Å²) in [6.07, 6.45) is 7.46. The van der Waals surface area contributed by atoms with E-state index in [-0.39, 0.29) is 12.6 Å². The van der Waals surface area contributed by atoms with Crippen LogP contribution in [0.2, 0.25) is 0 Å². The minimum Gasteiger partial charge on any atom is -0.395 e.